The summed E-state index contributed by atoms with van der Waals surface area (Å²) in [4.78, 5) is 23.6. The Morgan fingerprint density at radius 1 is 0.875 bits per heavy atom. The second-order valence-corrected chi connectivity index (χ2v) is 5.83. The Morgan fingerprint density at radius 2 is 1.46 bits per heavy atom. The molecule has 0 saturated carbocycles. The molecule has 0 aliphatic carbocycles. The molecule has 0 bridgehead atoms. The number of amides is 2. The highest BCUT2D eigenvalue weighted by Gasteiger charge is 2.12. The van der Waals surface area contributed by atoms with Gasteiger partial charge in [0.2, 0.25) is 0 Å². The summed E-state index contributed by atoms with van der Waals surface area (Å²) in [5, 5.41) is 6.41. The lowest BCUT2D eigenvalue weighted by Crippen LogP contribution is -2.32. The van der Waals surface area contributed by atoms with Crippen molar-refractivity contribution in [2.24, 2.45) is 5.10 Å². The normalized spacial score (nSPS) is 10.7. The Bertz CT molecular complexity index is 770. The molecule has 124 valence electrons. The first-order chi connectivity index (χ1) is 11.4. The third-order valence-electron chi connectivity index (χ3n) is 3.61. The predicted molar refractivity (Wildman–Crippen MR) is 96.2 cm³/mol. The quantitative estimate of drug-likeness (QED) is 0.518. The largest absolute Gasteiger partial charge is 0.329 e. The van der Waals surface area contributed by atoms with E-state index >= 15 is 0 Å². The number of hydrogen-bond donors (Lipinski definition) is 2. The lowest BCUT2D eigenvalue weighted by molar-refractivity contribution is -0.136. The van der Waals surface area contributed by atoms with Crippen molar-refractivity contribution >= 4 is 23.7 Å². The van der Waals surface area contributed by atoms with Crippen molar-refractivity contribution in [1.82, 2.24) is 5.43 Å². The molecule has 0 aliphatic rings. The Morgan fingerprint density at radius 3 is 2.04 bits per heavy atom. The summed E-state index contributed by atoms with van der Waals surface area (Å²) in [5.74, 6) is -1.57. The van der Waals surface area contributed by atoms with Crippen molar-refractivity contribution in [3.63, 3.8) is 0 Å². The van der Waals surface area contributed by atoms with Crippen molar-refractivity contribution < 1.29 is 9.59 Å². The zero-order valence-electron chi connectivity index (χ0n) is 14.3. The highest BCUT2D eigenvalue weighted by molar-refractivity contribution is 6.39. The minimum Gasteiger partial charge on any atom is -0.318 e. The van der Waals surface area contributed by atoms with Crippen molar-refractivity contribution in [3.05, 3.63) is 64.2 Å². The highest BCUT2D eigenvalue weighted by Crippen LogP contribution is 2.14. The zero-order valence-corrected chi connectivity index (χ0v) is 14.3. The van der Waals surface area contributed by atoms with Gasteiger partial charge >= 0.3 is 11.8 Å². The van der Waals surface area contributed by atoms with E-state index in [1.807, 2.05) is 52.0 Å². The Hall–Kier alpha value is -2.95. The molecule has 0 unspecified atom stereocenters. The first kappa shape index (κ1) is 17.4. The summed E-state index contributed by atoms with van der Waals surface area (Å²) in [7, 11) is 0. The van der Waals surface area contributed by atoms with E-state index in [1.54, 1.807) is 18.3 Å². The van der Waals surface area contributed by atoms with E-state index in [1.165, 1.54) is 5.56 Å². The topological polar surface area (TPSA) is 70.6 Å². The van der Waals surface area contributed by atoms with Crippen LogP contribution in [-0.2, 0) is 9.59 Å². The van der Waals surface area contributed by atoms with Gasteiger partial charge in [-0.2, -0.15) is 5.10 Å². The van der Waals surface area contributed by atoms with Crippen molar-refractivity contribution in [2.45, 2.75) is 27.7 Å². The number of hydrazone groups is 1. The summed E-state index contributed by atoms with van der Waals surface area (Å²) in [5.41, 5.74) is 8.12. The molecular weight excluding hydrogens is 302 g/mol. The zero-order chi connectivity index (χ0) is 17.7. The molecule has 2 aromatic carbocycles. The van der Waals surface area contributed by atoms with E-state index < -0.39 is 11.8 Å². The molecule has 0 spiro atoms. The second-order valence-electron chi connectivity index (χ2n) is 5.83. The molecule has 0 fully saturated rings. The minimum atomic E-state index is -0.811. The van der Waals surface area contributed by atoms with E-state index in [0.717, 1.165) is 22.3 Å². The van der Waals surface area contributed by atoms with Crippen molar-refractivity contribution in [1.29, 1.82) is 0 Å². The Kier molecular flexibility index (Phi) is 5.47. The summed E-state index contributed by atoms with van der Waals surface area (Å²) < 4.78 is 0. The molecule has 5 heteroatoms. The van der Waals surface area contributed by atoms with E-state index in [2.05, 4.69) is 15.8 Å². The molecule has 0 heterocycles. The summed E-state index contributed by atoms with van der Waals surface area (Å²) in [6, 6.07) is 11.3. The third kappa shape index (κ3) is 4.52. The van der Waals surface area contributed by atoms with Gasteiger partial charge in [0.25, 0.3) is 0 Å². The van der Waals surface area contributed by atoms with Crippen LogP contribution in [0.3, 0.4) is 0 Å². The highest BCUT2D eigenvalue weighted by atomic mass is 16.2. The monoisotopic (exact) mass is 323 g/mol. The van der Waals surface area contributed by atoms with E-state index in [9.17, 15) is 9.59 Å². The van der Waals surface area contributed by atoms with E-state index in [0.29, 0.717) is 5.69 Å². The molecule has 0 aliphatic heterocycles. The van der Waals surface area contributed by atoms with Crippen LogP contribution in [0.2, 0.25) is 0 Å². The average molecular weight is 323 g/mol. The van der Waals surface area contributed by atoms with Crippen LogP contribution < -0.4 is 10.7 Å². The van der Waals surface area contributed by atoms with Crippen LogP contribution in [0.1, 0.15) is 27.8 Å². The number of carbonyl (C=O) groups is 2. The molecule has 0 saturated heterocycles. The lowest BCUT2D eigenvalue weighted by Gasteiger charge is -2.07. The maximum absolute atomic E-state index is 11.8. The molecule has 24 heavy (non-hydrogen) atoms. The summed E-state index contributed by atoms with van der Waals surface area (Å²) in [6.07, 6.45) is 1.56. The maximum Gasteiger partial charge on any atom is 0.329 e. The number of aryl methyl sites for hydroxylation is 4. The van der Waals surface area contributed by atoms with Gasteiger partial charge in [0.05, 0.1) is 6.21 Å². The van der Waals surface area contributed by atoms with Crippen molar-refractivity contribution in [3.8, 4) is 0 Å². The van der Waals surface area contributed by atoms with Crippen LogP contribution in [0.5, 0.6) is 0 Å². The van der Waals surface area contributed by atoms with Gasteiger partial charge in [0, 0.05) is 11.3 Å². The van der Waals surface area contributed by atoms with Gasteiger partial charge < -0.3 is 5.32 Å². The molecule has 2 rings (SSSR count). The molecule has 0 aromatic heterocycles. The average Bonchev–Trinajstić information content (AvgIpc) is 2.51. The van der Waals surface area contributed by atoms with Gasteiger partial charge in [-0.05, 0) is 51.0 Å². The number of hydrogen-bond acceptors (Lipinski definition) is 3. The third-order valence-corrected chi connectivity index (χ3v) is 3.61. The number of rotatable bonds is 3. The van der Waals surface area contributed by atoms with Gasteiger partial charge in [0.15, 0.2) is 0 Å². The molecule has 2 amide bonds. The Balaban J connectivity index is 1.97. The number of nitrogens with one attached hydrogen (secondary N) is 2. The minimum absolute atomic E-state index is 0.565. The number of anilines is 1. The lowest BCUT2D eigenvalue weighted by atomic mass is 10.0. The smallest absolute Gasteiger partial charge is 0.318 e. The van der Waals surface area contributed by atoms with Gasteiger partial charge in [-0.3, -0.25) is 9.59 Å². The van der Waals surface area contributed by atoms with Crippen LogP contribution in [0.25, 0.3) is 0 Å². The van der Waals surface area contributed by atoms with Crippen LogP contribution in [0.15, 0.2) is 41.5 Å². The molecular formula is C19H21N3O2. The molecule has 0 radical (unpaired) electrons. The van der Waals surface area contributed by atoms with Crippen LogP contribution in [0.4, 0.5) is 5.69 Å². The summed E-state index contributed by atoms with van der Waals surface area (Å²) in [6.45, 7) is 7.93. The molecule has 0 atom stereocenters. The Labute approximate surface area is 141 Å². The predicted octanol–water partition coefficient (Wildman–Crippen LogP) is 3.01. The first-order valence-electron chi connectivity index (χ1n) is 7.65. The van der Waals surface area contributed by atoms with Gasteiger partial charge in [-0.1, -0.05) is 35.4 Å². The van der Waals surface area contributed by atoms with E-state index in [4.69, 9.17) is 0 Å². The second kappa shape index (κ2) is 7.55. The fourth-order valence-electron chi connectivity index (χ4n) is 2.43. The van der Waals surface area contributed by atoms with Crippen LogP contribution in [-0.4, -0.2) is 18.0 Å². The SMILES string of the molecule is Cc1ccc(NC(=O)C(=O)N/N=C\c2c(C)cc(C)cc2C)cc1. The van der Waals surface area contributed by atoms with Gasteiger partial charge in [-0.25, -0.2) is 5.43 Å². The summed E-state index contributed by atoms with van der Waals surface area (Å²) >= 11 is 0. The number of carbonyl (C=O) groups excluding carboxylic acids is 2. The van der Waals surface area contributed by atoms with Crippen molar-refractivity contribution in [2.75, 3.05) is 5.32 Å². The fourth-order valence-corrected chi connectivity index (χ4v) is 2.43. The number of nitrogens with zero attached hydrogens (tertiary/aromatic N) is 1. The molecule has 5 nitrogen and oxygen atoms in total. The first-order valence-corrected chi connectivity index (χ1v) is 7.65. The van der Waals surface area contributed by atoms with Gasteiger partial charge in [-0.15, -0.1) is 0 Å². The van der Waals surface area contributed by atoms with Gasteiger partial charge in [0.1, 0.15) is 0 Å². The standard InChI is InChI=1S/C19H21N3O2/c1-12-5-7-16(8-6-12)21-18(23)19(24)22-20-11-17-14(3)9-13(2)10-15(17)4/h5-11H,1-4H3,(H,21,23)(H,22,24)/b20-11-. The van der Waals surface area contributed by atoms with E-state index in [-0.39, 0.29) is 0 Å². The maximum atomic E-state index is 11.8. The van der Waals surface area contributed by atoms with Crippen LogP contribution >= 0.6 is 0 Å². The number of benzene rings is 2. The fraction of sp³-hybridized carbons (Fsp3) is 0.211. The molecule has 2 aromatic rings. The molecule has 2 N–H and O–H groups in total. The van der Waals surface area contributed by atoms with Crippen LogP contribution in [0, 0.1) is 27.7 Å².